The second kappa shape index (κ2) is 12.3. The summed E-state index contributed by atoms with van der Waals surface area (Å²) < 4.78 is 21.6. The first kappa shape index (κ1) is 29.3. The Labute approximate surface area is 241 Å². The molecule has 1 aliphatic rings. The van der Waals surface area contributed by atoms with E-state index in [2.05, 4.69) is 11.6 Å². The zero-order valence-corrected chi connectivity index (χ0v) is 24.2. The van der Waals surface area contributed by atoms with Gasteiger partial charge in [0.1, 0.15) is 23.0 Å². The number of nitrogens with zero attached hydrogens (tertiary/aromatic N) is 2. The van der Waals surface area contributed by atoms with Crippen molar-refractivity contribution in [2.45, 2.75) is 26.8 Å². The smallest absolute Gasteiger partial charge is 0.350 e. The highest BCUT2D eigenvalue weighted by Crippen LogP contribution is 2.46. The van der Waals surface area contributed by atoms with E-state index in [1.807, 2.05) is 6.92 Å². The number of Topliss-reactive ketones (excluding diaryl/α,β-unsaturated/α-hetero) is 1. The molecule has 2 heterocycles. The molecule has 1 N–H and O–H groups in total. The molecule has 0 unspecified atom stereocenters. The molecule has 1 amide bonds. The molecule has 0 aliphatic carbocycles. The van der Waals surface area contributed by atoms with E-state index in [4.69, 9.17) is 18.9 Å². The number of methoxy groups -OCH3 is 2. The number of hydrogen-bond acceptors (Lipinski definition) is 10. The Balaban J connectivity index is 1.94. The minimum absolute atomic E-state index is 0.00318. The number of benzene rings is 2. The quantitative estimate of drug-likeness (QED) is 0.114. The molecule has 10 nitrogen and oxygen atoms in total. The number of thiazole rings is 1. The van der Waals surface area contributed by atoms with Crippen LogP contribution in [0.2, 0.25) is 0 Å². The summed E-state index contributed by atoms with van der Waals surface area (Å²) in [5.41, 5.74) is 1.64. The Morgan fingerprint density at radius 2 is 1.88 bits per heavy atom. The summed E-state index contributed by atoms with van der Waals surface area (Å²) in [4.78, 5) is 45.6. The number of aliphatic hydroxyl groups is 1. The van der Waals surface area contributed by atoms with E-state index in [0.29, 0.717) is 46.2 Å². The number of aromatic nitrogens is 1. The van der Waals surface area contributed by atoms with Crippen molar-refractivity contribution in [2.75, 3.05) is 32.3 Å². The van der Waals surface area contributed by atoms with E-state index in [9.17, 15) is 19.5 Å². The van der Waals surface area contributed by atoms with E-state index >= 15 is 0 Å². The lowest BCUT2D eigenvalue weighted by Gasteiger charge is -2.24. The van der Waals surface area contributed by atoms with Crippen LogP contribution in [-0.4, -0.2) is 55.2 Å². The standard InChI is InChI=1S/C30H30N2O8S/c1-7-13-40-29(36)27-17(4)31-30(41-27)32-24(18-9-12-21(39-8-2)22(15-18)38-6)23(26(34)28(32)35)25(33)20-11-10-19(37-5)14-16(20)3/h7,9-12,14-15,24,33H,1,8,13H2,2-6H3/b25-23+/t24-/m0/s1. The second-order valence-electron chi connectivity index (χ2n) is 8.99. The van der Waals surface area contributed by atoms with Crippen LogP contribution in [0.4, 0.5) is 5.13 Å². The zero-order chi connectivity index (χ0) is 29.8. The van der Waals surface area contributed by atoms with Gasteiger partial charge >= 0.3 is 11.9 Å². The Morgan fingerprint density at radius 1 is 1.12 bits per heavy atom. The number of carbonyl (C=O) groups excluding carboxylic acids is 3. The molecule has 3 aromatic rings. The summed E-state index contributed by atoms with van der Waals surface area (Å²) in [7, 11) is 3.00. The SMILES string of the molecule is C=CCOC(=O)c1sc(N2C(=O)C(=O)/C(=C(/O)c3ccc(OC)cc3C)[C@@H]2c2ccc(OCC)c(OC)c2)nc1C. The van der Waals surface area contributed by atoms with Gasteiger partial charge in [-0.05, 0) is 62.2 Å². The third-order valence-corrected chi connectivity index (χ3v) is 7.58. The van der Waals surface area contributed by atoms with E-state index in [1.165, 1.54) is 25.2 Å². The largest absolute Gasteiger partial charge is 0.507 e. The molecular weight excluding hydrogens is 548 g/mol. The van der Waals surface area contributed by atoms with Crippen LogP contribution < -0.4 is 19.1 Å². The monoisotopic (exact) mass is 578 g/mol. The Bertz CT molecular complexity index is 1560. The maximum Gasteiger partial charge on any atom is 0.350 e. The number of hydrogen-bond donors (Lipinski definition) is 1. The topological polar surface area (TPSA) is 124 Å². The van der Waals surface area contributed by atoms with Crippen LogP contribution in [-0.2, 0) is 14.3 Å². The molecule has 0 radical (unpaired) electrons. The van der Waals surface area contributed by atoms with Gasteiger partial charge in [-0.1, -0.05) is 30.1 Å². The van der Waals surface area contributed by atoms with Gasteiger partial charge in [-0.25, -0.2) is 9.78 Å². The molecule has 1 atom stereocenters. The van der Waals surface area contributed by atoms with Gasteiger partial charge in [0, 0.05) is 5.56 Å². The molecule has 214 valence electrons. The molecule has 1 saturated heterocycles. The van der Waals surface area contributed by atoms with E-state index < -0.39 is 23.7 Å². The van der Waals surface area contributed by atoms with Crippen LogP contribution in [0.3, 0.4) is 0 Å². The molecule has 0 spiro atoms. The van der Waals surface area contributed by atoms with Gasteiger partial charge in [-0.3, -0.25) is 14.5 Å². The minimum atomic E-state index is -1.09. The van der Waals surface area contributed by atoms with Crippen molar-refractivity contribution in [3.05, 3.63) is 81.9 Å². The summed E-state index contributed by atoms with van der Waals surface area (Å²) in [6, 6.07) is 8.89. The highest BCUT2D eigenvalue weighted by molar-refractivity contribution is 7.17. The fourth-order valence-corrected chi connectivity index (χ4v) is 5.51. The van der Waals surface area contributed by atoms with Crippen LogP contribution >= 0.6 is 11.3 Å². The number of anilines is 1. The molecule has 0 saturated carbocycles. The van der Waals surface area contributed by atoms with Gasteiger partial charge in [0.25, 0.3) is 5.78 Å². The first-order valence-corrected chi connectivity index (χ1v) is 13.5. The lowest BCUT2D eigenvalue weighted by Crippen LogP contribution is -2.29. The van der Waals surface area contributed by atoms with Crippen LogP contribution in [0.25, 0.3) is 5.76 Å². The predicted octanol–water partition coefficient (Wildman–Crippen LogP) is 5.14. The van der Waals surface area contributed by atoms with Crippen molar-refractivity contribution in [3.8, 4) is 17.2 Å². The average molecular weight is 579 g/mol. The number of amides is 1. The normalized spacial score (nSPS) is 16.0. The third-order valence-electron chi connectivity index (χ3n) is 6.45. The molecule has 0 bridgehead atoms. The number of carbonyl (C=O) groups is 3. The molecule has 41 heavy (non-hydrogen) atoms. The van der Waals surface area contributed by atoms with Crippen molar-refractivity contribution >= 4 is 39.9 Å². The molecular formula is C30H30N2O8S. The van der Waals surface area contributed by atoms with Crippen LogP contribution in [0.1, 0.15) is 45.0 Å². The van der Waals surface area contributed by atoms with Crippen molar-refractivity contribution < 1.29 is 38.4 Å². The zero-order valence-electron chi connectivity index (χ0n) is 23.3. The van der Waals surface area contributed by atoms with Crippen molar-refractivity contribution in [1.29, 1.82) is 0 Å². The summed E-state index contributed by atoms with van der Waals surface area (Å²) in [5, 5.41) is 11.6. The third kappa shape index (κ3) is 5.53. The number of aryl methyl sites for hydroxylation is 2. The van der Waals surface area contributed by atoms with Gasteiger partial charge in [0.05, 0.1) is 38.1 Å². The Kier molecular flexibility index (Phi) is 8.77. The van der Waals surface area contributed by atoms with Gasteiger partial charge in [0.2, 0.25) is 0 Å². The van der Waals surface area contributed by atoms with Crippen molar-refractivity contribution in [1.82, 2.24) is 4.98 Å². The molecule has 2 aromatic carbocycles. The van der Waals surface area contributed by atoms with Crippen molar-refractivity contribution in [2.24, 2.45) is 0 Å². The van der Waals surface area contributed by atoms with Gasteiger partial charge in [-0.15, -0.1) is 0 Å². The molecule has 1 aliphatic heterocycles. The van der Waals surface area contributed by atoms with Crippen LogP contribution in [0.15, 0.2) is 54.6 Å². The maximum absolute atomic E-state index is 13.6. The van der Waals surface area contributed by atoms with Gasteiger partial charge < -0.3 is 24.1 Å². The first-order chi connectivity index (χ1) is 19.7. The lowest BCUT2D eigenvalue weighted by atomic mass is 9.93. The molecule has 4 rings (SSSR count). The molecule has 1 aromatic heterocycles. The number of ether oxygens (including phenoxy) is 4. The van der Waals surface area contributed by atoms with Crippen molar-refractivity contribution in [3.63, 3.8) is 0 Å². The van der Waals surface area contributed by atoms with Gasteiger partial charge in [-0.2, -0.15) is 0 Å². The van der Waals surface area contributed by atoms with E-state index in [-0.39, 0.29) is 27.9 Å². The minimum Gasteiger partial charge on any atom is -0.507 e. The number of esters is 1. The second-order valence-corrected chi connectivity index (χ2v) is 9.97. The lowest BCUT2D eigenvalue weighted by molar-refractivity contribution is -0.132. The average Bonchev–Trinajstić information content (AvgIpc) is 3.47. The predicted molar refractivity (Wildman–Crippen MR) is 154 cm³/mol. The summed E-state index contributed by atoms with van der Waals surface area (Å²) >= 11 is 0.915. The molecule has 11 heteroatoms. The fraction of sp³-hybridized carbons (Fsp3) is 0.267. The summed E-state index contributed by atoms with van der Waals surface area (Å²) in [6.07, 6.45) is 1.44. The Hall–Kier alpha value is -4.64. The number of rotatable bonds is 10. The first-order valence-electron chi connectivity index (χ1n) is 12.7. The number of ketones is 1. The highest BCUT2D eigenvalue weighted by Gasteiger charge is 2.48. The van der Waals surface area contributed by atoms with Crippen LogP contribution in [0.5, 0.6) is 17.2 Å². The van der Waals surface area contributed by atoms with E-state index in [1.54, 1.807) is 50.2 Å². The maximum atomic E-state index is 13.6. The highest BCUT2D eigenvalue weighted by atomic mass is 32.1. The fourth-order valence-electron chi connectivity index (χ4n) is 4.52. The summed E-state index contributed by atoms with van der Waals surface area (Å²) in [6.45, 7) is 9.14. The Morgan fingerprint density at radius 3 is 2.51 bits per heavy atom. The van der Waals surface area contributed by atoms with E-state index in [0.717, 1.165) is 11.3 Å². The number of aliphatic hydroxyl groups excluding tert-OH is 1. The van der Waals surface area contributed by atoms with Crippen LogP contribution in [0, 0.1) is 13.8 Å². The molecule has 1 fully saturated rings. The summed E-state index contributed by atoms with van der Waals surface area (Å²) in [5.74, 6) is -1.38. The van der Waals surface area contributed by atoms with Gasteiger partial charge in [0.15, 0.2) is 16.6 Å².